The molecule has 2 aromatic rings. The van der Waals surface area contributed by atoms with Gasteiger partial charge in [-0.3, -0.25) is 4.99 Å². The van der Waals surface area contributed by atoms with Crippen molar-refractivity contribution in [3.05, 3.63) is 65.2 Å². The van der Waals surface area contributed by atoms with E-state index in [1.54, 1.807) is 0 Å². The van der Waals surface area contributed by atoms with E-state index in [0.717, 1.165) is 19.0 Å². The third-order valence-electron chi connectivity index (χ3n) is 5.40. The minimum Gasteiger partial charge on any atom is -0.372 e. The van der Waals surface area contributed by atoms with Crippen LogP contribution in [0.3, 0.4) is 0 Å². The van der Waals surface area contributed by atoms with Crippen LogP contribution in [0.4, 0.5) is 5.69 Å². The van der Waals surface area contributed by atoms with E-state index in [2.05, 4.69) is 95.0 Å². The molecule has 2 aromatic carbocycles. The fraction of sp³-hybridized carbons (Fsp3) is 0.458. The van der Waals surface area contributed by atoms with Crippen LogP contribution in [0.25, 0.3) is 0 Å². The average Bonchev–Trinajstić information content (AvgIpc) is 3.26. The molecule has 156 valence electrons. The first-order chi connectivity index (χ1) is 14.0. The standard InChI is InChI=1S/C24H35N5/c1-19(22-8-7-9-23(16-22)29-14-5-6-15-29)27-24(25-2)26-17-20-10-12-21(13-11-20)18-28(3)4/h7-13,16,19H,5-6,14-15,17-18H2,1-4H3,(H2,25,26,27). The zero-order valence-corrected chi connectivity index (χ0v) is 18.3. The van der Waals surface area contributed by atoms with Gasteiger partial charge in [-0.1, -0.05) is 36.4 Å². The van der Waals surface area contributed by atoms with Crippen molar-refractivity contribution in [1.29, 1.82) is 0 Å². The number of rotatable bonds is 7. The Morgan fingerprint density at radius 2 is 1.76 bits per heavy atom. The van der Waals surface area contributed by atoms with Gasteiger partial charge in [0, 0.05) is 38.9 Å². The highest BCUT2D eigenvalue weighted by molar-refractivity contribution is 5.80. The van der Waals surface area contributed by atoms with Crippen LogP contribution in [0.15, 0.2) is 53.5 Å². The maximum atomic E-state index is 4.40. The first-order valence-electron chi connectivity index (χ1n) is 10.6. The highest BCUT2D eigenvalue weighted by atomic mass is 15.2. The van der Waals surface area contributed by atoms with Crippen LogP contribution in [0.1, 0.15) is 42.5 Å². The lowest BCUT2D eigenvalue weighted by atomic mass is 10.1. The topological polar surface area (TPSA) is 42.9 Å². The second kappa shape index (κ2) is 10.3. The molecule has 2 N–H and O–H groups in total. The van der Waals surface area contributed by atoms with Gasteiger partial charge in [-0.05, 0) is 62.7 Å². The number of nitrogens with zero attached hydrogens (tertiary/aromatic N) is 3. The van der Waals surface area contributed by atoms with Crippen molar-refractivity contribution in [2.24, 2.45) is 4.99 Å². The Morgan fingerprint density at radius 3 is 2.41 bits per heavy atom. The molecule has 5 heteroatoms. The van der Waals surface area contributed by atoms with Crippen LogP contribution >= 0.6 is 0 Å². The smallest absolute Gasteiger partial charge is 0.191 e. The molecule has 0 amide bonds. The Hall–Kier alpha value is -2.53. The van der Waals surface area contributed by atoms with Gasteiger partial charge >= 0.3 is 0 Å². The summed E-state index contributed by atoms with van der Waals surface area (Å²) in [6, 6.07) is 17.8. The second-order valence-electron chi connectivity index (χ2n) is 8.14. The van der Waals surface area contributed by atoms with Crippen molar-refractivity contribution in [1.82, 2.24) is 15.5 Å². The van der Waals surface area contributed by atoms with E-state index in [4.69, 9.17) is 0 Å². The molecular weight excluding hydrogens is 358 g/mol. The Morgan fingerprint density at radius 1 is 1.07 bits per heavy atom. The second-order valence-corrected chi connectivity index (χ2v) is 8.14. The molecule has 0 spiro atoms. The molecule has 0 saturated carbocycles. The van der Waals surface area contributed by atoms with Crippen LogP contribution in [0, 0.1) is 0 Å². The highest BCUT2D eigenvalue weighted by Crippen LogP contribution is 2.23. The van der Waals surface area contributed by atoms with Gasteiger partial charge in [0.1, 0.15) is 0 Å². The lowest BCUT2D eigenvalue weighted by molar-refractivity contribution is 0.402. The molecule has 0 bridgehead atoms. The summed E-state index contributed by atoms with van der Waals surface area (Å²) in [6.07, 6.45) is 2.59. The van der Waals surface area contributed by atoms with Crippen LogP contribution in [0.2, 0.25) is 0 Å². The molecule has 5 nitrogen and oxygen atoms in total. The minimum atomic E-state index is 0.186. The van der Waals surface area contributed by atoms with Gasteiger partial charge in [-0.25, -0.2) is 0 Å². The molecule has 1 aliphatic heterocycles. The SMILES string of the molecule is CN=C(NCc1ccc(CN(C)C)cc1)NC(C)c1cccc(N2CCCC2)c1. The first kappa shape index (κ1) is 21.2. The summed E-state index contributed by atoms with van der Waals surface area (Å²) >= 11 is 0. The lowest BCUT2D eigenvalue weighted by Gasteiger charge is -2.22. The molecular formula is C24H35N5. The Bertz CT molecular complexity index is 791. The van der Waals surface area contributed by atoms with Crippen molar-refractivity contribution in [3.63, 3.8) is 0 Å². The summed E-state index contributed by atoms with van der Waals surface area (Å²) < 4.78 is 0. The first-order valence-corrected chi connectivity index (χ1v) is 10.6. The molecule has 1 fully saturated rings. The van der Waals surface area contributed by atoms with Crippen molar-refractivity contribution in [2.75, 3.05) is 39.1 Å². The van der Waals surface area contributed by atoms with E-state index in [-0.39, 0.29) is 6.04 Å². The largest absolute Gasteiger partial charge is 0.372 e. The summed E-state index contributed by atoms with van der Waals surface area (Å²) in [5.74, 6) is 0.821. The van der Waals surface area contributed by atoms with Gasteiger partial charge in [0.15, 0.2) is 5.96 Å². The van der Waals surface area contributed by atoms with Crippen molar-refractivity contribution in [3.8, 4) is 0 Å². The monoisotopic (exact) mass is 393 g/mol. The van der Waals surface area contributed by atoms with E-state index >= 15 is 0 Å². The third kappa shape index (κ3) is 6.23. The van der Waals surface area contributed by atoms with Gasteiger partial charge in [-0.15, -0.1) is 0 Å². The van der Waals surface area contributed by atoms with Crippen molar-refractivity contribution < 1.29 is 0 Å². The number of guanidine groups is 1. The van der Waals surface area contributed by atoms with Gasteiger partial charge in [0.25, 0.3) is 0 Å². The molecule has 0 radical (unpaired) electrons. The van der Waals surface area contributed by atoms with Gasteiger partial charge in [0.05, 0.1) is 6.04 Å². The highest BCUT2D eigenvalue weighted by Gasteiger charge is 2.14. The fourth-order valence-corrected chi connectivity index (χ4v) is 3.76. The molecule has 1 unspecified atom stereocenters. The maximum absolute atomic E-state index is 4.40. The van der Waals surface area contributed by atoms with Crippen LogP contribution in [0.5, 0.6) is 0 Å². The number of aliphatic imine (C=N–C) groups is 1. The van der Waals surface area contributed by atoms with E-state index in [9.17, 15) is 0 Å². The summed E-state index contributed by atoms with van der Waals surface area (Å²) in [5, 5.41) is 6.96. The lowest BCUT2D eigenvalue weighted by Crippen LogP contribution is -2.38. The van der Waals surface area contributed by atoms with E-state index in [0.29, 0.717) is 0 Å². The molecule has 1 heterocycles. The molecule has 0 aliphatic carbocycles. The number of nitrogens with one attached hydrogen (secondary N) is 2. The molecule has 29 heavy (non-hydrogen) atoms. The predicted molar refractivity (Wildman–Crippen MR) is 123 cm³/mol. The number of hydrogen-bond donors (Lipinski definition) is 2. The van der Waals surface area contributed by atoms with Crippen LogP contribution in [-0.2, 0) is 13.1 Å². The Labute approximate surface area is 175 Å². The average molecular weight is 394 g/mol. The number of hydrogen-bond acceptors (Lipinski definition) is 3. The third-order valence-corrected chi connectivity index (χ3v) is 5.40. The quantitative estimate of drug-likeness (QED) is 0.555. The van der Waals surface area contributed by atoms with E-state index in [1.807, 2.05) is 7.05 Å². The normalized spacial score (nSPS) is 15.6. The summed E-state index contributed by atoms with van der Waals surface area (Å²) in [4.78, 5) is 9.06. The van der Waals surface area contributed by atoms with Crippen molar-refractivity contribution in [2.45, 2.75) is 38.9 Å². The summed E-state index contributed by atoms with van der Waals surface area (Å²) in [5.41, 5.74) is 5.19. The Kier molecular flexibility index (Phi) is 7.53. The molecule has 3 rings (SSSR count). The summed E-state index contributed by atoms with van der Waals surface area (Å²) in [6.45, 7) is 6.24. The maximum Gasteiger partial charge on any atom is 0.191 e. The number of benzene rings is 2. The number of anilines is 1. The van der Waals surface area contributed by atoms with Gasteiger partial charge in [-0.2, -0.15) is 0 Å². The van der Waals surface area contributed by atoms with Crippen LogP contribution in [-0.4, -0.2) is 45.1 Å². The van der Waals surface area contributed by atoms with E-state index < -0.39 is 0 Å². The predicted octanol–water partition coefficient (Wildman–Crippen LogP) is 3.77. The van der Waals surface area contributed by atoms with Gasteiger partial charge < -0.3 is 20.4 Å². The van der Waals surface area contributed by atoms with Crippen molar-refractivity contribution >= 4 is 11.6 Å². The molecule has 1 saturated heterocycles. The zero-order valence-electron chi connectivity index (χ0n) is 18.3. The minimum absolute atomic E-state index is 0.186. The fourth-order valence-electron chi connectivity index (χ4n) is 3.76. The Balaban J connectivity index is 1.55. The molecule has 0 aromatic heterocycles. The molecule has 1 aliphatic rings. The van der Waals surface area contributed by atoms with Crippen LogP contribution < -0.4 is 15.5 Å². The van der Waals surface area contributed by atoms with Gasteiger partial charge in [0.2, 0.25) is 0 Å². The summed E-state index contributed by atoms with van der Waals surface area (Å²) in [7, 11) is 6.00. The zero-order chi connectivity index (χ0) is 20.6. The molecule has 1 atom stereocenters. The van der Waals surface area contributed by atoms with E-state index in [1.165, 1.54) is 48.3 Å².